The van der Waals surface area contributed by atoms with Crippen molar-refractivity contribution in [1.82, 2.24) is 39.7 Å². The third-order valence-electron chi connectivity index (χ3n) is 13.2. The van der Waals surface area contributed by atoms with Crippen molar-refractivity contribution in [2.45, 2.75) is 32.8 Å². The first-order chi connectivity index (χ1) is 30.0. The van der Waals surface area contributed by atoms with Gasteiger partial charge in [-0.15, -0.1) is 0 Å². The van der Waals surface area contributed by atoms with Gasteiger partial charge in [-0.2, -0.15) is 0 Å². The summed E-state index contributed by atoms with van der Waals surface area (Å²) < 4.78 is 11.0. The molecule has 320 valence electrons. The maximum atomic E-state index is 9.75. The van der Waals surface area contributed by atoms with E-state index in [0.29, 0.717) is 0 Å². The molecule has 0 radical (unpaired) electrons. The van der Waals surface area contributed by atoms with E-state index in [1.54, 1.807) is 0 Å². The smallest absolute Gasteiger partial charge is 0.376 e. The largest absolute Gasteiger partial charge is 0.437 e. The molecular formula is C49H63BN8O3. The lowest BCUT2D eigenvalue weighted by Gasteiger charge is -2.35. The minimum Gasteiger partial charge on any atom is -0.437 e. The number of morpholine rings is 2. The Hall–Kier alpha value is -4.08. The van der Waals surface area contributed by atoms with Crippen molar-refractivity contribution in [2.24, 2.45) is 0 Å². The lowest BCUT2D eigenvalue weighted by atomic mass is 9.84. The summed E-state index contributed by atoms with van der Waals surface area (Å²) in [5.41, 5.74) is 15.7. The zero-order valence-corrected chi connectivity index (χ0v) is 36.1. The molecule has 0 atom stereocenters. The number of rotatable bonds is 11. The summed E-state index contributed by atoms with van der Waals surface area (Å²) in [6, 6.07) is 22.3. The number of fused-ring (bicyclic) bond motifs is 2. The van der Waals surface area contributed by atoms with Gasteiger partial charge in [0, 0.05) is 139 Å². The normalized spacial score (nSPS) is 20.4. The number of nitrogens with zero attached hydrogens (tertiary/aromatic N) is 7. The molecule has 0 spiro atoms. The molecule has 0 bridgehead atoms. The van der Waals surface area contributed by atoms with E-state index in [4.69, 9.17) is 19.4 Å². The number of aromatic nitrogens is 2. The van der Waals surface area contributed by atoms with Crippen LogP contribution in [0.3, 0.4) is 0 Å². The fourth-order valence-corrected chi connectivity index (χ4v) is 9.63. The van der Waals surface area contributed by atoms with Crippen LogP contribution in [-0.2, 0) is 35.4 Å². The molecule has 0 saturated carbocycles. The Labute approximate surface area is 363 Å². The van der Waals surface area contributed by atoms with Gasteiger partial charge >= 0.3 is 7.05 Å². The summed E-state index contributed by atoms with van der Waals surface area (Å²) in [6.07, 6.45) is 10.7. The molecule has 4 aromatic rings. The first kappa shape index (κ1) is 42.2. The fourth-order valence-electron chi connectivity index (χ4n) is 9.63. The summed E-state index contributed by atoms with van der Waals surface area (Å²) >= 11 is 0. The Balaban J connectivity index is 0.000000157. The third kappa shape index (κ3) is 10.9. The molecule has 4 saturated heterocycles. The van der Waals surface area contributed by atoms with Crippen molar-refractivity contribution in [2.75, 3.05) is 118 Å². The highest BCUT2D eigenvalue weighted by atomic mass is 16.5. The Morgan fingerprint density at radius 3 is 1.41 bits per heavy atom. The van der Waals surface area contributed by atoms with E-state index in [9.17, 15) is 5.02 Å². The number of hydrogen-bond acceptors (Lipinski definition) is 11. The van der Waals surface area contributed by atoms with Crippen molar-refractivity contribution in [3.63, 3.8) is 0 Å². The van der Waals surface area contributed by atoms with Gasteiger partial charge in [0.05, 0.1) is 37.8 Å². The molecule has 6 heterocycles. The van der Waals surface area contributed by atoms with Crippen molar-refractivity contribution in [3.05, 3.63) is 118 Å². The summed E-state index contributed by atoms with van der Waals surface area (Å²) in [5.74, 6) is 0. The first-order valence-electron chi connectivity index (χ1n) is 22.7. The van der Waals surface area contributed by atoms with Gasteiger partial charge in [0.15, 0.2) is 0 Å². The molecule has 6 aliphatic rings. The molecule has 0 amide bonds. The van der Waals surface area contributed by atoms with Crippen molar-refractivity contribution in [3.8, 4) is 22.5 Å². The highest BCUT2D eigenvalue weighted by molar-refractivity contribution is 6.45. The minimum absolute atomic E-state index is 0.347. The van der Waals surface area contributed by atoms with E-state index in [0.717, 1.165) is 155 Å². The van der Waals surface area contributed by atoms with Crippen LogP contribution in [0.5, 0.6) is 0 Å². The third-order valence-corrected chi connectivity index (χ3v) is 13.2. The molecule has 4 fully saturated rings. The number of hydrogen-bond donors (Lipinski definition) is 2. The molecule has 11 nitrogen and oxygen atoms in total. The van der Waals surface area contributed by atoms with Crippen LogP contribution in [0.15, 0.2) is 84.2 Å². The fraction of sp³-hybridized carbons (Fsp3) is 0.469. The van der Waals surface area contributed by atoms with E-state index in [1.807, 2.05) is 19.2 Å². The summed E-state index contributed by atoms with van der Waals surface area (Å²) in [6.45, 7) is 21.7. The molecule has 2 N–H and O–H groups in total. The quantitative estimate of drug-likeness (QED) is 0.207. The molecule has 12 heteroatoms. The predicted octanol–water partition coefficient (Wildman–Crippen LogP) is 4.67. The van der Waals surface area contributed by atoms with Gasteiger partial charge in [0.25, 0.3) is 0 Å². The minimum atomic E-state index is -0.347. The Bertz CT molecular complexity index is 2120. The van der Waals surface area contributed by atoms with E-state index in [2.05, 4.69) is 103 Å². The van der Waals surface area contributed by atoms with E-state index >= 15 is 0 Å². The lowest BCUT2D eigenvalue weighted by molar-refractivity contribution is 0.0421. The predicted molar refractivity (Wildman–Crippen MR) is 246 cm³/mol. The van der Waals surface area contributed by atoms with Crippen LogP contribution in [0.2, 0.25) is 6.82 Å². The maximum absolute atomic E-state index is 9.75. The average molecular weight is 823 g/mol. The van der Waals surface area contributed by atoms with E-state index < -0.39 is 0 Å². The molecule has 2 aromatic carbocycles. The second-order valence-electron chi connectivity index (χ2n) is 17.6. The topological polar surface area (TPSA) is 92.7 Å². The molecule has 2 aromatic heterocycles. The highest BCUT2D eigenvalue weighted by Crippen LogP contribution is 2.34. The number of piperazine rings is 2. The maximum Gasteiger partial charge on any atom is 0.376 e. The molecule has 0 unspecified atom stereocenters. The van der Waals surface area contributed by atoms with Crippen LogP contribution in [0.25, 0.3) is 34.7 Å². The lowest BCUT2D eigenvalue weighted by Crippen LogP contribution is -2.51. The van der Waals surface area contributed by atoms with Gasteiger partial charge in [-0.3, -0.25) is 29.6 Å². The molecule has 61 heavy (non-hydrogen) atoms. The number of benzene rings is 2. The Morgan fingerprint density at radius 1 is 0.541 bits per heavy atom. The SMILES string of the molecule is C1=C(CN2CCOCC2)Cc2ccnc(-c3ccc(CN4CCNCC4)cc3)c21.CB(O)N1CCN(Cc2ccc(-c3nccc4c3C=C(CN3CCOCC3)C4)cc2)CC1. The monoisotopic (exact) mass is 823 g/mol. The van der Waals surface area contributed by atoms with E-state index in [-0.39, 0.29) is 7.05 Å². The molecular weight excluding hydrogens is 759 g/mol. The van der Waals surface area contributed by atoms with Gasteiger partial charge in [0.1, 0.15) is 0 Å². The van der Waals surface area contributed by atoms with Crippen LogP contribution in [0.4, 0.5) is 0 Å². The van der Waals surface area contributed by atoms with Crippen molar-refractivity contribution in [1.29, 1.82) is 0 Å². The summed E-state index contributed by atoms with van der Waals surface area (Å²) in [5, 5.41) is 13.2. The Morgan fingerprint density at radius 2 is 0.967 bits per heavy atom. The van der Waals surface area contributed by atoms with Gasteiger partial charge < -0.3 is 24.6 Å². The molecule has 10 rings (SSSR count). The molecule has 2 aliphatic carbocycles. The van der Waals surface area contributed by atoms with Crippen LogP contribution >= 0.6 is 0 Å². The van der Waals surface area contributed by atoms with Gasteiger partial charge in [-0.05, 0) is 54.1 Å². The van der Waals surface area contributed by atoms with Crippen molar-refractivity contribution >= 4 is 19.2 Å². The van der Waals surface area contributed by atoms with Crippen LogP contribution in [-0.4, -0.2) is 165 Å². The summed E-state index contributed by atoms with van der Waals surface area (Å²) in [7, 11) is -0.347. The van der Waals surface area contributed by atoms with Crippen LogP contribution in [0.1, 0.15) is 33.4 Å². The van der Waals surface area contributed by atoms with Gasteiger partial charge in [0.2, 0.25) is 0 Å². The zero-order valence-electron chi connectivity index (χ0n) is 36.1. The molecule has 4 aliphatic heterocycles. The number of ether oxygens (including phenoxy) is 2. The number of pyridine rings is 2. The first-order valence-corrected chi connectivity index (χ1v) is 22.7. The van der Waals surface area contributed by atoms with Gasteiger partial charge in [-0.1, -0.05) is 71.8 Å². The van der Waals surface area contributed by atoms with Gasteiger partial charge in [-0.25, -0.2) is 0 Å². The van der Waals surface area contributed by atoms with Crippen molar-refractivity contribution < 1.29 is 14.5 Å². The average Bonchev–Trinajstić information content (AvgIpc) is 3.92. The highest BCUT2D eigenvalue weighted by Gasteiger charge is 2.24. The van der Waals surface area contributed by atoms with E-state index in [1.165, 1.54) is 55.7 Å². The second-order valence-corrected chi connectivity index (χ2v) is 17.6. The van der Waals surface area contributed by atoms with Crippen LogP contribution in [0, 0.1) is 0 Å². The number of nitrogens with one attached hydrogen (secondary N) is 1. The zero-order chi connectivity index (χ0) is 41.4. The Kier molecular flexibility index (Phi) is 14.1. The van der Waals surface area contributed by atoms with Crippen LogP contribution < -0.4 is 5.32 Å². The summed E-state index contributed by atoms with van der Waals surface area (Å²) in [4.78, 5) is 21.6. The standard InChI is InChI=1S/C25H33BN4O2.C24H30N4O/c1-26(31)30-10-8-28(9-11-30)18-20-2-4-22(5-3-20)25-24-17-21(16-23(24)6-7-27-25)19-29-12-14-32-15-13-29;1-3-21(4-2-19(1)17-27-9-7-25-8-10-27)24-23-16-20(15-22(23)5-6-26-24)18-28-11-13-29-14-12-28/h2-7,17,31H,8-16,18-19H2,1H3;1-6,16,25H,7-15,17-18H2. The second kappa shape index (κ2) is 20.4.